The molecule has 0 spiro atoms. The highest BCUT2D eigenvalue weighted by atomic mass is 35.5. The van der Waals surface area contributed by atoms with E-state index in [0.717, 1.165) is 39.8 Å². The van der Waals surface area contributed by atoms with E-state index in [4.69, 9.17) is 30.5 Å². The van der Waals surface area contributed by atoms with Crippen LogP contribution >= 0.6 is 11.6 Å². The number of carboxylic acids is 1. The number of sulfone groups is 1. The standard InChI is InChI=1S/C42H50ClN3O11S/c1-26-29(9-6-10-32(26)33-11-7-12-37(27(33)2)55-14-8-13-46-21-34(36(48)22-46)40(49)54-4)24-57-39-17-38(56-23-28-15-31(20-44-18-28)58(5,52)53)30(16-35(39)43)19-45-42(3,25-47)41(50)51/h6-7,9-12,15-18,20,34,36,45,47-48H,8,13-14,19,21-25H2,1-5H3,(H,50,51)/t34?,36?,42-/m1/s1. The van der Waals surface area contributed by atoms with E-state index in [0.29, 0.717) is 55.3 Å². The molecule has 0 saturated carbocycles. The second-order valence-corrected chi connectivity index (χ2v) is 17.0. The first-order valence-electron chi connectivity index (χ1n) is 18.7. The fourth-order valence-electron chi connectivity index (χ4n) is 6.61. The van der Waals surface area contributed by atoms with Crippen LogP contribution in [0.25, 0.3) is 11.1 Å². The molecule has 58 heavy (non-hydrogen) atoms. The number of aliphatic hydroxyl groups is 2. The Morgan fingerprint density at radius 3 is 2.34 bits per heavy atom. The van der Waals surface area contributed by atoms with E-state index in [2.05, 4.69) is 10.3 Å². The maximum absolute atomic E-state index is 12.1. The smallest absolute Gasteiger partial charge is 0.326 e. The topological polar surface area (TPSA) is 194 Å². The number of benzene rings is 3. The van der Waals surface area contributed by atoms with Crippen LogP contribution in [-0.2, 0) is 43.9 Å². The number of hydrogen-bond acceptors (Lipinski definition) is 13. The molecule has 0 bridgehead atoms. The molecule has 5 rings (SSSR count). The first kappa shape index (κ1) is 44.3. The maximum Gasteiger partial charge on any atom is 0.326 e. The molecular weight excluding hydrogens is 790 g/mol. The SMILES string of the molecule is COC(=O)C1CN(CCCOc2cccc(-c3cccc(COc4cc(OCc5cncc(S(C)(=O)=O)c5)c(CN[C@](C)(CO)C(=O)O)cc4Cl)c3C)c2C)CC1O. The molecule has 2 heterocycles. The maximum atomic E-state index is 12.1. The van der Waals surface area contributed by atoms with Crippen LogP contribution in [0.15, 0.2) is 71.9 Å². The summed E-state index contributed by atoms with van der Waals surface area (Å²) >= 11 is 6.73. The van der Waals surface area contributed by atoms with E-state index in [1.165, 1.54) is 32.5 Å². The molecule has 0 amide bonds. The van der Waals surface area contributed by atoms with Crippen LogP contribution in [0, 0.1) is 19.8 Å². The molecule has 1 saturated heterocycles. The van der Waals surface area contributed by atoms with Crippen molar-refractivity contribution in [2.75, 3.05) is 46.2 Å². The van der Waals surface area contributed by atoms with Gasteiger partial charge in [0.25, 0.3) is 0 Å². The summed E-state index contributed by atoms with van der Waals surface area (Å²) in [7, 11) is -2.18. The normalized spacial score (nSPS) is 16.8. The van der Waals surface area contributed by atoms with Crippen molar-refractivity contribution in [1.82, 2.24) is 15.2 Å². The third-order valence-electron chi connectivity index (χ3n) is 10.3. The van der Waals surface area contributed by atoms with Gasteiger partial charge in [0.05, 0.1) is 42.3 Å². The monoisotopic (exact) mass is 839 g/mol. The Kier molecular flexibility index (Phi) is 14.8. The fraction of sp³-hybridized carbons (Fsp3) is 0.405. The van der Waals surface area contributed by atoms with Gasteiger partial charge in [-0.15, -0.1) is 0 Å². The highest BCUT2D eigenvalue weighted by molar-refractivity contribution is 7.90. The van der Waals surface area contributed by atoms with Crippen molar-refractivity contribution in [3.63, 3.8) is 0 Å². The van der Waals surface area contributed by atoms with Gasteiger partial charge in [0.2, 0.25) is 0 Å². The van der Waals surface area contributed by atoms with Gasteiger partial charge in [-0.25, -0.2) is 8.42 Å². The van der Waals surface area contributed by atoms with Gasteiger partial charge in [0.1, 0.15) is 36.0 Å². The molecule has 1 aromatic heterocycles. The Hall–Kier alpha value is -4.77. The first-order valence-corrected chi connectivity index (χ1v) is 20.9. The van der Waals surface area contributed by atoms with Gasteiger partial charge in [0.15, 0.2) is 9.84 Å². The Balaban J connectivity index is 1.30. The van der Waals surface area contributed by atoms with Gasteiger partial charge in [0, 0.05) is 62.0 Å². The van der Waals surface area contributed by atoms with Crippen LogP contribution in [-0.4, -0.2) is 103 Å². The van der Waals surface area contributed by atoms with E-state index < -0.39 is 45.9 Å². The number of halogens is 1. The lowest BCUT2D eigenvalue weighted by Crippen LogP contribution is -2.52. The van der Waals surface area contributed by atoms with Gasteiger partial charge < -0.3 is 34.3 Å². The van der Waals surface area contributed by atoms with Gasteiger partial charge in [-0.2, -0.15) is 0 Å². The minimum atomic E-state index is -3.51. The summed E-state index contributed by atoms with van der Waals surface area (Å²) in [6, 6.07) is 16.5. The number of β-amino-alcohol motifs (C(OH)–C–C–N with tert-alkyl or cyclic N) is 1. The fourth-order valence-corrected chi connectivity index (χ4v) is 7.47. The number of aromatic nitrogens is 1. The van der Waals surface area contributed by atoms with Crippen LogP contribution in [0.4, 0.5) is 0 Å². The molecule has 0 aliphatic carbocycles. The molecule has 1 aliphatic rings. The summed E-state index contributed by atoms with van der Waals surface area (Å²) in [6.07, 6.45) is 3.79. The molecule has 1 aliphatic heterocycles. The number of aliphatic hydroxyl groups excluding tert-OH is 2. The van der Waals surface area contributed by atoms with Gasteiger partial charge >= 0.3 is 11.9 Å². The van der Waals surface area contributed by atoms with E-state index >= 15 is 0 Å². The zero-order valence-corrected chi connectivity index (χ0v) is 34.7. The summed E-state index contributed by atoms with van der Waals surface area (Å²) in [5.74, 6) is -0.832. The molecule has 312 valence electrons. The molecule has 4 N–H and O–H groups in total. The van der Waals surface area contributed by atoms with E-state index in [1.807, 2.05) is 55.1 Å². The second-order valence-electron chi connectivity index (χ2n) is 14.6. The number of methoxy groups -OCH3 is 1. The molecule has 0 radical (unpaired) electrons. The Morgan fingerprint density at radius 2 is 1.66 bits per heavy atom. The summed E-state index contributed by atoms with van der Waals surface area (Å²) in [5.41, 5.74) is 4.16. The molecule has 2 unspecified atom stereocenters. The predicted molar refractivity (Wildman–Crippen MR) is 217 cm³/mol. The number of pyridine rings is 1. The summed E-state index contributed by atoms with van der Waals surface area (Å²) in [5, 5.41) is 32.8. The van der Waals surface area contributed by atoms with Crippen molar-refractivity contribution < 1.29 is 52.3 Å². The highest BCUT2D eigenvalue weighted by Crippen LogP contribution is 2.37. The second kappa shape index (κ2) is 19.3. The molecule has 3 atom stereocenters. The number of nitrogens with zero attached hydrogens (tertiary/aromatic N) is 2. The average molecular weight is 840 g/mol. The van der Waals surface area contributed by atoms with Crippen LogP contribution < -0.4 is 19.5 Å². The molecule has 1 fully saturated rings. The number of aliphatic carboxylic acids is 1. The number of carbonyl (C=O) groups is 2. The van der Waals surface area contributed by atoms with Crippen LogP contribution in [0.5, 0.6) is 17.2 Å². The molecular formula is C42H50ClN3O11S. The van der Waals surface area contributed by atoms with Gasteiger partial charge in [-0.1, -0.05) is 41.9 Å². The van der Waals surface area contributed by atoms with Crippen LogP contribution in [0.2, 0.25) is 5.02 Å². The minimum Gasteiger partial charge on any atom is -0.493 e. The lowest BCUT2D eigenvalue weighted by atomic mass is 9.93. The van der Waals surface area contributed by atoms with Crippen molar-refractivity contribution in [1.29, 1.82) is 0 Å². The van der Waals surface area contributed by atoms with Crippen LogP contribution in [0.3, 0.4) is 0 Å². The largest absolute Gasteiger partial charge is 0.493 e. The zero-order chi connectivity index (χ0) is 42.2. The molecule has 3 aromatic carbocycles. The van der Waals surface area contributed by atoms with Crippen molar-refractivity contribution in [3.8, 4) is 28.4 Å². The molecule has 16 heteroatoms. The Bertz CT molecular complexity index is 2220. The predicted octanol–water partition coefficient (Wildman–Crippen LogP) is 4.74. The summed E-state index contributed by atoms with van der Waals surface area (Å²) in [4.78, 5) is 29.9. The molecule has 14 nitrogen and oxygen atoms in total. The van der Waals surface area contributed by atoms with Crippen molar-refractivity contribution in [2.45, 2.75) is 63.5 Å². The number of rotatable bonds is 19. The highest BCUT2D eigenvalue weighted by Gasteiger charge is 2.37. The summed E-state index contributed by atoms with van der Waals surface area (Å²) < 4.78 is 47.7. The quantitative estimate of drug-likeness (QED) is 0.0747. The van der Waals surface area contributed by atoms with E-state index in [9.17, 15) is 33.3 Å². The van der Waals surface area contributed by atoms with E-state index in [1.54, 1.807) is 12.1 Å². The number of carboxylic acid groups (broad SMARTS) is 1. The van der Waals surface area contributed by atoms with E-state index in [-0.39, 0.29) is 29.7 Å². The third kappa shape index (κ3) is 10.8. The lowest BCUT2D eigenvalue weighted by molar-refractivity contribution is -0.148. The number of carbonyl (C=O) groups excluding carboxylic acids is 1. The Morgan fingerprint density at radius 1 is 0.948 bits per heavy atom. The number of ether oxygens (including phenoxy) is 4. The average Bonchev–Trinajstić information content (AvgIpc) is 3.58. The number of likely N-dealkylation sites (tertiary alicyclic amines) is 1. The van der Waals surface area contributed by atoms with Gasteiger partial charge in [-0.05, 0) is 73.2 Å². The minimum absolute atomic E-state index is 0.0374. The third-order valence-corrected chi connectivity index (χ3v) is 11.7. The summed E-state index contributed by atoms with van der Waals surface area (Å²) in [6.45, 7) is 6.75. The molecule has 4 aromatic rings. The first-order chi connectivity index (χ1) is 27.5. The van der Waals surface area contributed by atoms with Crippen molar-refractivity contribution in [3.05, 3.63) is 99.8 Å². The van der Waals surface area contributed by atoms with Gasteiger partial charge in [-0.3, -0.25) is 24.8 Å². The van der Waals surface area contributed by atoms with Crippen molar-refractivity contribution >= 4 is 33.4 Å². The number of esters is 1. The number of hydrogen-bond donors (Lipinski definition) is 4. The Labute approximate surface area is 343 Å². The zero-order valence-electron chi connectivity index (χ0n) is 33.2. The van der Waals surface area contributed by atoms with Crippen LogP contribution in [0.1, 0.15) is 41.2 Å². The van der Waals surface area contributed by atoms with Crippen molar-refractivity contribution in [2.24, 2.45) is 5.92 Å². The lowest BCUT2D eigenvalue weighted by Gasteiger charge is -2.25. The number of nitrogens with one attached hydrogen (secondary N) is 1.